The Bertz CT molecular complexity index is 1220. The summed E-state index contributed by atoms with van der Waals surface area (Å²) in [6, 6.07) is 17.3. The second-order valence-electron chi connectivity index (χ2n) is 7.77. The molecule has 1 amide bonds. The smallest absolute Gasteiger partial charge is 0.254 e. The highest BCUT2D eigenvalue weighted by Crippen LogP contribution is 2.30. The van der Waals surface area contributed by atoms with Gasteiger partial charge in [0, 0.05) is 59.3 Å². The van der Waals surface area contributed by atoms with Crippen LogP contribution in [-0.2, 0) is 16.6 Å². The van der Waals surface area contributed by atoms with E-state index in [2.05, 4.69) is 9.62 Å². The number of nitrogens with zero attached hydrogens (tertiary/aromatic N) is 2. The first-order valence-electron chi connectivity index (χ1n) is 10.2. The molecule has 0 spiro atoms. The topological polar surface area (TPSA) is 69.7 Å². The molecule has 1 aliphatic heterocycles. The predicted molar refractivity (Wildman–Crippen MR) is 126 cm³/mol. The first-order chi connectivity index (χ1) is 15.3. The average Bonchev–Trinajstić information content (AvgIpc) is 3.21. The van der Waals surface area contributed by atoms with Gasteiger partial charge in [0.25, 0.3) is 5.91 Å². The number of hydrogen-bond acceptors (Lipinski definition) is 5. The van der Waals surface area contributed by atoms with Gasteiger partial charge in [-0.15, -0.1) is 11.3 Å². The van der Waals surface area contributed by atoms with Crippen LogP contribution in [0.4, 0.5) is 10.1 Å². The van der Waals surface area contributed by atoms with E-state index in [1.54, 1.807) is 52.6 Å². The highest BCUT2D eigenvalue weighted by atomic mass is 32.2. The van der Waals surface area contributed by atoms with Crippen molar-refractivity contribution in [2.75, 3.05) is 37.2 Å². The molecule has 2 aromatic carbocycles. The number of nitrogens with one attached hydrogen (secondary N) is 1. The van der Waals surface area contributed by atoms with Crippen LogP contribution in [0.5, 0.6) is 0 Å². The van der Waals surface area contributed by atoms with E-state index in [1.807, 2.05) is 18.2 Å². The van der Waals surface area contributed by atoms with Crippen LogP contribution < -0.4 is 4.72 Å². The lowest BCUT2D eigenvalue weighted by molar-refractivity contribution is 0.0629. The van der Waals surface area contributed by atoms with Crippen LogP contribution in [0.3, 0.4) is 0 Å². The Morgan fingerprint density at radius 1 is 1.03 bits per heavy atom. The van der Waals surface area contributed by atoms with Gasteiger partial charge in [0.15, 0.2) is 0 Å². The van der Waals surface area contributed by atoms with Crippen molar-refractivity contribution in [3.8, 4) is 10.4 Å². The summed E-state index contributed by atoms with van der Waals surface area (Å²) in [5.41, 5.74) is 1.45. The van der Waals surface area contributed by atoms with Gasteiger partial charge in [0.2, 0.25) is 10.0 Å². The normalized spacial score (nSPS) is 15.0. The van der Waals surface area contributed by atoms with Crippen molar-refractivity contribution in [2.45, 2.75) is 6.54 Å². The number of hydrogen-bond donors (Lipinski definition) is 1. The lowest BCUT2D eigenvalue weighted by atomic mass is 10.1. The van der Waals surface area contributed by atoms with E-state index in [9.17, 15) is 17.6 Å². The van der Waals surface area contributed by atoms with Gasteiger partial charge in [-0.2, -0.15) is 0 Å². The number of thiophene rings is 1. The molecule has 0 saturated carbocycles. The number of amides is 1. The zero-order valence-electron chi connectivity index (χ0n) is 17.6. The molecule has 9 heteroatoms. The molecule has 6 nitrogen and oxygen atoms in total. The summed E-state index contributed by atoms with van der Waals surface area (Å²) in [5.74, 6) is -0.330. The highest BCUT2D eigenvalue weighted by molar-refractivity contribution is 7.92. The van der Waals surface area contributed by atoms with Gasteiger partial charge in [-0.3, -0.25) is 14.4 Å². The fourth-order valence-electron chi connectivity index (χ4n) is 3.71. The maximum atomic E-state index is 14.0. The number of anilines is 1. The van der Waals surface area contributed by atoms with Gasteiger partial charge in [0.1, 0.15) is 5.82 Å². The lowest BCUT2D eigenvalue weighted by Gasteiger charge is -2.34. The molecular formula is C23H24FN3O3S2. The zero-order chi connectivity index (χ0) is 22.7. The summed E-state index contributed by atoms with van der Waals surface area (Å²) in [7, 11) is -3.40. The monoisotopic (exact) mass is 473 g/mol. The maximum Gasteiger partial charge on any atom is 0.254 e. The Morgan fingerprint density at radius 3 is 2.50 bits per heavy atom. The molecule has 3 aromatic rings. The third-order valence-corrected chi connectivity index (χ3v) is 6.96. The predicted octanol–water partition coefficient (Wildman–Crippen LogP) is 3.88. The van der Waals surface area contributed by atoms with Crippen molar-refractivity contribution in [3.63, 3.8) is 0 Å². The van der Waals surface area contributed by atoms with Gasteiger partial charge in [-0.1, -0.05) is 24.3 Å². The second-order valence-corrected chi connectivity index (χ2v) is 10.7. The molecule has 0 bridgehead atoms. The van der Waals surface area contributed by atoms with E-state index in [0.717, 1.165) is 35.6 Å². The van der Waals surface area contributed by atoms with Crippen LogP contribution in [0.25, 0.3) is 10.4 Å². The largest absolute Gasteiger partial charge is 0.336 e. The van der Waals surface area contributed by atoms with Gasteiger partial charge in [-0.25, -0.2) is 12.8 Å². The molecule has 0 aliphatic carbocycles. The minimum atomic E-state index is -3.40. The van der Waals surface area contributed by atoms with Gasteiger partial charge in [0.05, 0.1) is 6.26 Å². The van der Waals surface area contributed by atoms with Crippen LogP contribution in [-0.4, -0.2) is 56.6 Å². The number of carbonyl (C=O) groups is 1. The van der Waals surface area contributed by atoms with Crippen molar-refractivity contribution >= 4 is 33.0 Å². The Hall–Kier alpha value is -2.75. The van der Waals surface area contributed by atoms with Crippen molar-refractivity contribution in [2.24, 2.45) is 0 Å². The second kappa shape index (κ2) is 9.40. The van der Waals surface area contributed by atoms with E-state index in [-0.39, 0.29) is 11.7 Å². The van der Waals surface area contributed by atoms with Crippen molar-refractivity contribution < 1.29 is 17.6 Å². The average molecular weight is 474 g/mol. The number of benzene rings is 2. The first-order valence-corrected chi connectivity index (χ1v) is 12.9. The number of halogens is 1. The maximum absolute atomic E-state index is 14.0. The van der Waals surface area contributed by atoms with Crippen molar-refractivity contribution in [1.82, 2.24) is 9.80 Å². The summed E-state index contributed by atoms with van der Waals surface area (Å²) >= 11 is 1.59. The van der Waals surface area contributed by atoms with Crippen molar-refractivity contribution in [1.29, 1.82) is 0 Å². The first kappa shape index (κ1) is 22.4. The summed E-state index contributed by atoms with van der Waals surface area (Å²) in [6.45, 7) is 3.41. The summed E-state index contributed by atoms with van der Waals surface area (Å²) in [5, 5.41) is 0. The van der Waals surface area contributed by atoms with E-state index < -0.39 is 10.0 Å². The number of rotatable bonds is 6. The van der Waals surface area contributed by atoms with Crippen LogP contribution in [0, 0.1) is 5.82 Å². The van der Waals surface area contributed by atoms with E-state index in [1.165, 1.54) is 6.07 Å². The minimum Gasteiger partial charge on any atom is -0.336 e. The Morgan fingerprint density at radius 2 is 1.78 bits per heavy atom. The van der Waals surface area contributed by atoms with E-state index in [0.29, 0.717) is 29.9 Å². The molecule has 1 aliphatic rings. The quantitative estimate of drug-likeness (QED) is 0.590. The number of carbonyl (C=O) groups excluding carboxylic acids is 1. The van der Waals surface area contributed by atoms with Gasteiger partial charge in [-0.05, 0) is 36.4 Å². The van der Waals surface area contributed by atoms with Crippen LogP contribution in [0.15, 0.2) is 60.7 Å². The summed E-state index contributed by atoms with van der Waals surface area (Å²) in [4.78, 5) is 19.0. The highest BCUT2D eigenvalue weighted by Gasteiger charge is 2.23. The summed E-state index contributed by atoms with van der Waals surface area (Å²) < 4.78 is 39.3. The molecule has 0 atom stereocenters. The fourth-order valence-corrected chi connectivity index (χ4v) is 5.34. The number of sulfonamides is 1. The Labute approximate surface area is 191 Å². The van der Waals surface area contributed by atoms with Gasteiger partial charge >= 0.3 is 0 Å². The SMILES string of the molecule is CS(=O)(=O)Nc1cccc(C(=O)N2CCN(Cc3ccc(-c4ccccc4F)s3)CC2)c1. The third-order valence-electron chi connectivity index (χ3n) is 5.25. The molecule has 168 valence electrons. The van der Waals surface area contributed by atoms with Gasteiger partial charge < -0.3 is 4.90 Å². The standard InChI is InChI=1S/C23H24FN3O3S2/c1-32(29,30)25-18-6-4-5-17(15-18)23(28)27-13-11-26(12-14-27)16-19-9-10-22(31-19)20-7-2-3-8-21(20)24/h2-10,15,25H,11-14,16H2,1H3. The molecule has 4 rings (SSSR count). The van der Waals surface area contributed by atoms with Crippen molar-refractivity contribution in [3.05, 3.63) is 76.9 Å². The number of piperazine rings is 1. The van der Waals surface area contributed by atoms with Crippen LogP contribution >= 0.6 is 11.3 Å². The minimum absolute atomic E-state index is 0.111. The molecule has 1 fully saturated rings. The zero-order valence-corrected chi connectivity index (χ0v) is 19.3. The lowest BCUT2D eigenvalue weighted by Crippen LogP contribution is -2.48. The fraction of sp³-hybridized carbons (Fsp3) is 0.261. The molecule has 0 unspecified atom stereocenters. The van der Waals surface area contributed by atoms with E-state index in [4.69, 9.17) is 0 Å². The Kier molecular flexibility index (Phi) is 6.59. The molecule has 2 heterocycles. The Balaban J connectivity index is 1.34. The molecular weight excluding hydrogens is 449 g/mol. The van der Waals surface area contributed by atoms with Crippen LogP contribution in [0.2, 0.25) is 0 Å². The molecule has 1 saturated heterocycles. The van der Waals surface area contributed by atoms with Crippen LogP contribution in [0.1, 0.15) is 15.2 Å². The molecule has 1 N–H and O–H groups in total. The van der Waals surface area contributed by atoms with E-state index >= 15 is 0 Å². The third kappa shape index (κ3) is 5.53. The summed E-state index contributed by atoms with van der Waals surface area (Å²) in [6.07, 6.45) is 1.08. The molecule has 32 heavy (non-hydrogen) atoms. The molecule has 1 aromatic heterocycles. The molecule has 0 radical (unpaired) electrons.